The fourth-order valence-electron chi connectivity index (χ4n) is 3.95. The number of ether oxygens (including phenoxy) is 1. The predicted molar refractivity (Wildman–Crippen MR) is 114 cm³/mol. The van der Waals surface area contributed by atoms with Gasteiger partial charge in [-0.05, 0) is 46.0 Å². The van der Waals surface area contributed by atoms with E-state index in [0.29, 0.717) is 5.41 Å². The molecule has 24 heavy (non-hydrogen) atoms. The summed E-state index contributed by atoms with van der Waals surface area (Å²) in [5, 5.41) is 3.52. The number of nitrogens with zero attached hydrogens (tertiary/aromatic N) is 3. The van der Waals surface area contributed by atoms with E-state index in [9.17, 15) is 0 Å². The van der Waals surface area contributed by atoms with Crippen molar-refractivity contribution in [1.82, 2.24) is 15.1 Å². The van der Waals surface area contributed by atoms with Crippen LogP contribution in [-0.4, -0.2) is 86.3 Å². The van der Waals surface area contributed by atoms with Gasteiger partial charge in [0, 0.05) is 42.9 Å². The summed E-state index contributed by atoms with van der Waals surface area (Å²) in [5.74, 6) is 3.56. The smallest absolute Gasteiger partial charge is 0.194 e. The average Bonchev–Trinajstić information content (AvgIpc) is 3.26. The van der Waals surface area contributed by atoms with E-state index >= 15 is 0 Å². The molecule has 3 aliphatic rings. The molecule has 0 radical (unpaired) electrons. The monoisotopic (exact) mass is 468 g/mol. The zero-order valence-corrected chi connectivity index (χ0v) is 18.5. The molecule has 1 N–H and O–H groups in total. The number of guanidine groups is 1. The first-order valence-electron chi connectivity index (χ1n) is 8.95. The molecule has 0 aromatic heterocycles. The van der Waals surface area contributed by atoms with Crippen LogP contribution in [0.4, 0.5) is 0 Å². The molecule has 3 heterocycles. The third-order valence-electron chi connectivity index (χ3n) is 5.81. The van der Waals surface area contributed by atoms with Gasteiger partial charge in [-0.25, -0.2) is 0 Å². The quantitative estimate of drug-likeness (QED) is 0.389. The van der Waals surface area contributed by atoms with Gasteiger partial charge < -0.3 is 19.9 Å². The van der Waals surface area contributed by atoms with Crippen molar-refractivity contribution in [2.24, 2.45) is 10.4 Å². The van der Waals surface area contributed by atoms with Gasteiger partial charge in [-0.3, -0.25) is 4.99 Å². The number of aliphatic imine (C=N–C) groups is 1. The highest BCUT2D eigenvalue weighted by Crippen LogP contribution is 2.38. The summed E-state index contributed by atoms with van der Waals surface area (Å²) in [4.78, 5) is 9.91. The van der Waals surface area contributed by atoms with Crippen LogP contribution in [0.3, 0.4) is 0 Å². The Morgan fingerprint density at radius 2 is 2.17 bits per heavy atom. The van der Waals surface area contributed by atoms with E-state index < -0.39 is 0 Å². The molecule has 0 bridgehead atoms. The van der Waals surface area contributed by atoms with Gasteiger partial charge in [0.05, 0.1) is 13.2 Å². The number of likely N-dealkylation sites (N-methyl/N-ethyl adjacent to an activating group) is 1. The van der Waals surface area contributed by atoms with E-state index in [2.05, 4.69) is 47.9 Å². The zero-order valence-electron chi connectivity index (χ0n) is 15.3. The molecule has 0 aromatic carbocycles. The van der Waals surface area contributed by atoms with Crippen molar-refractivity contribution in [2.45, 2.75) is 31.7 Å². The Labute approximate surface area is 168 Å². The molecule has 3 saturated heterocycles. The van der Waals surface area contributed by atoms with Crippen molar-refractivity contribution < 1.29 is 4.74 Å². The molecule has 2 atom stereocenters. The maximum absolute atomic E-state index is 5.66. The molecular weight excluding hydrogens is 435 g/mol. The van der Waals surface area contributed by atoms with Gasteiger partial charge in [0.25, 0.3) is 0 Å². The molecule has 3 fully saturated rings. The Hall–Kier alpha value is 0.270. The molecule has 3 aliphatic heterocycles. The van der Waals surface area contributed by atoms with Crippen LogP contribution >= 0.6 is 35.7 Å². The first-order chi connectivity index (χ1) is 11.1. The Balaban J connectivity index is 0.00000208. The molecule has 3 rings (SSSR count). The van der Waals surface area contributed by atoms with Crippen molar-refractivity contribution >= 4 is 41.7 Å². The summed E-state index contributed by atoms with van der Waals surface area (Å²) in [6, 6.07) is 0. The second-order valence-corrected chi connectivity index (χ2v) is 8.67. The van der Waals surface area contributed by atoms with Gasteiger partial charge in [-0.15, -0.1) is 24.0 Å². The largest absolute Gasteiger partial charge is 0.381 e. The molecule has 5 nitrogen and oxygen atoms in total. The van der Waals surface area contributed by atoms with Crippen molar-refractivity contribution in [2.75, 3.05) is 65.0 Å². The Bertz CT molecular complexity index is 434. The van der Waals surface area contributed by atoms with Gasteiger partial charge in [0.15, 0.2) is 5.96 Å². The lowest BCUT2D eigenvalue weighted by molar-refractivity contribution is 0.156. The number of thioether (sulfide) groups is 1. The SMILES string of the molecule is CCNC(=NCC1(N(C)C)CCSC1)N1CCC2(CCOC2)C1.I. The number of halogens is 1. The van der Waals surface area contributed by atoms with Crippen molar-refractivity contribution in [1.29, 1.82) is 0 Å². The first kappa shape index (κ1) is 20.6. The van der Waals surface area contributed by atoms with Crippen LogP contribution in [0.5, 0.6) is 0 Å². The maximum Gasteiger partial charge on any atom is 0.194 e. The Morgan fingerprint density at radius 1 is 1.33 bits per heavy atom. The van der Waals surface area contributed by atoms with Crippen molar-refractivity contribution in [3.63, 3.8) is 0 Å². The van der Waals surface area contributed by atoms with Crippen LogP contribution in [0, 0.1) is 5.41 Å². The Morgan fingerprint density at radius 3 is 2.75 bits per heavy atom. The topological polar surface area (TPSA) is 40.1 Å². The summed E-state index contributed by atoms with van der Waals surface area (Å²) in [6.45, 7) is 8.07. The lowest BCUT2D eigenvalue weighted by atomic mass is 9.87. The highest BCUT2D eigenvalue weighted by molar-refractivity contribution is 14.0. The number of rotatable bonds is 4. The van der Waals surface area contributed by atoms with Gasteiger partial charge in [0.2, 0.25) is 0 Å². The standard InChI is InChI=1S/C17H32N4OS.HI/c1-4-18-15(19-11-17(20(2)3)7-10-23-14-17)21-8-5-16(12-21)6-9-22-13-16;/h4-14H2,1-3H3,(H,18,19);1H. The number of nitrogens with one attached hydrogen (secondary N) is 1. The van der Waals surface area contributed by atoms with Gasteiger partial charge >= 0.3 is 0 Å². The molecule has 2 unspecified atom stereocenters. The van der Waals surface area contributed by atoms with Crippen LogP contribution < -0.4 is 5.32 Å². The average molecular weight is 468 g/mol. The molecule has 7 heteroatoms. The maximum atomic E-state index is 5.66. The van der Waals surface area contributed by atoms with Crippen molar-refractivity contribution in [3.05, 3.63) is 0 Å². The highest BCUT2D eigenvalue weighted by Gasteiger charge is 2.42. The number of likely N-dealkylation sites (tertiary alicyclic amines) is 1. The van der Waals surface area contributed by atoms with E-state index in [4.69, 9.17) is 9.73 Å². The minimum atomic E-state index is 0. The summed E-state index contributed by atoms with van der Waals surface area (Å²) in [6.07, 6.45) is 3.69. The summed E-state index contributed by atoms with van der Waals surface area (Å²) >= 11 is 2.06. The molecule has 0 aromatic rings. The lowest BCUT2D eigenvalue weighted by Gasteiger charge is -2.35. The van der Waals surface area contributed by atoms with Crippen LogP contribution in [0.15, 0.2) is 4.99 Å². The third kappa shape index (κ3) is 4.32. The molecule has 0 aliphatic carbocycles. The first-order valence-corrected chi connectivity index (χ1v) is 10.1. The van der Waals surface area contributed by atoms with Crippen molar-refractivity contribution in [3.8, 4) is 0 Å². The van der Waals surface area contributed by atoms with Gasteiger partial charge in [0.1, 0.15) is 0 Å². The predicted octanol–water partition coefficient (Wildman–Crippen LogP) is 2.12. The third-order valence-corrected chi connectivity index (χ3v) is 7.05. The van der Waals surface area contributed by atoms with E-state index in [1.807, 2.05) is 0 Å². The van der Waals surface area contributed by atoms with Crippen LogP contribution in [0.25, 0.3) is 0 Å². The highest BCUT2D eigenvalue weighted by atomic mass is 127. The second-order valence-electron chi connectivity index (χ2n) is 7.57. The number of hydrogen-bond donors (Lipinski definition) is 1. The van der Waals surface area contributed by atoms with Crippen LogP contribution in [0.1, 0.15) is 26.2 Å². The summed E-state index contributed by atoms with van der Waals surface area (Å²) < 4.78 is 5.66. The normalized spacial score (nSPS) is 33.5. The minimum Gasteiger partial charge on any atom is -0.381 e. The fourth-order valence-corrected chi connectivity index (χ4v) is 5.49. The fraction of sp³-hybridized carbons (Fsp3) is 0.941. The van der Waals surface area contributed by atoms with E-state index in [0.717, 1.165) is 45.4 Å². The minimum absolute atomic E-state index is 0. The van der Waals surface area contributed by atoms with Gasteiger partial charge in [-0.2, -0.15) is 11.8 Å². The van der Waals surface area contributed by atoms with Crippen LogP contribution in [-0.2, 0) is 4.74 Å². The molecule has 0 saturated carbocycles. The lowest BCUT2D eigenvalue weighted by Crippen LogP contribution is -2.49. The van der Waals surface area contributed by atoms with E-state index in [1.165, 1.54) is 30.8 Å². The number of hydrogen-bond acceptors (Lipinski definition) is 4. The molecule has 0 amide bonds. The summed E-state index contributed by atoms with van der Waals surface area (Å²) in [5.41, 5.74) is 0.623. The zero-order chi connectivity index (χ0) is 16.3. The van der Waals surface area contributed by atoms with E-state index in [-0.39, 0.29) is 29.5 Å². The molecule has 1 spiro atoms. The summed E-state index contributed by atoms with van der Waals surface area (Å²) in [7, 11) is 4.41. The van der Waals surface area contributed by atoms with E-state index in [1.54, 1.807) is 0 Å². The second kappa shape index (κ2) is 8.77. The molecular formula is C17H33IN4OS. The Kier molecular flexibility index (Phi) is 7.52. The van der Waals surface area contributed by atoms with Gasteiger partial charge in [-0.1, -0.05) is 0 Å². The van der Waals surface area contributed by atoms with Crippen LogP contribution in [0.2, 0.25) is 0 Å². The molecule has 140 valence electrons.